The number of aromatic carboxylic acids is 1. The van der Waals surface area contributed by atoms with Crippen LogP contribution in [0.15, 0.2) is 46.4 Å². The molecule has 24 heavy (non-hydrogen) atoms. The molecule has 1 aromatic heterocycles. The van der Waals surface area contributed by atoms with Gasteiger partial charge in [0.2, 0.25) is 0 Å². The highest BCUT2D eigenvalue weighted by Crippen LogP contribution is 2.18. The first-order valence-electron chi connectivity index (χ1n) is 6.96. The Morgan fingerprint density at radius 1 is 1.21 bits per heavy atom. The van der Waals surface area contributed by atoms with Crippen LogP contribution in [0.5, 0.6) is 5.75 Å². The van der Waals surface area contributed by atoms with E-state index in [0.29, 0.717) is 22.9 Å². The maximum Gasteiger partial charge on any atom is 0.345 e. The summed E-state index contributed by atoms with van der Waals surface area (Å²) in [6, 6.07) is 9.00. The van der Waals surface area contributed by atoms with Crippen molar-refractivity contribution in [3.05, 3.63) is 46.2 Å². The van der Waals surface area contributed by atoms with Crippen LogP contribution in [0.2, 0.25) is 0 Å². The summed E-state index contributed by atoms with van der Waals surface area (Å²) in [5.74, 6) is -0.454. The highest BCUT2D eigenvalue weighted by molar-refractivity contribution is 7.89. The molecular weight excluding hydrogens is 352 g/mol. The zero-order valence-electron chi connectivity index (χ0n) is 13.0. The number of nitrogens with zero attached hydrogens (tertiary/aromatic N) is 1. The maximum absolute atomic E-state index is 12.2. The lowest BCUT2D eigenvalue weighted by Gasteiger charge is -2.06. The lowest BCUT2D eigenvalue weighted by Crippen LogP contribution is -2.19. The zero-order valence-corrected chi connectivity index (χ0v) is 14.6. The summed E-state index contributed by atoms with van der Waals surface area (Å²) in [5, 5.41) is 12.7. The number of nitrogens with one attached hydrogen (secondary N) is 1. The van der Waals surface area contributed by atoms with Crippen molar-refractivity contribution in [2.75, 3.05) is 6.61 Å². The summed E-state index contributed by atoms with van der Waals surface area (Å²) in [4.78, 5) is 13.8. The van der Waals surface area contributed by atoms with Crippen molar-refractivity contribution in [2.24, 2.45) is 5.10 Å². The molecule has 1 heterocycles. The number of rotatable bonds is 7. The van der Waals surface area contributed by atoms with E-state index in [1.54, 1.807) is 25.1 Å². The van der Waals surface area contributed by atoms with Crippen molar-refractivity contribution in [1.82, 2.24) is 4.83 Å². The van der Waals surface area contributed by atoms with Crippen molar-refractivity contribution in [1.29, 1.82) is 0 Å². The molecule has 2 rings (SSSR count). The van der Waals surface area contributed by atoms with Crippen LogP contribution < -0.4 is 9.57 Å². The Morgan fingerprint density at radius 3 is 2.38 bits per heavy atom. The topological polar surface area (TPSA) is 105 Å². The number of benzene rings is 1. The molecule has 0 saturated heterocycles. The second kappa shape index (κ2) is 7.45. The normalized spacial score (nSPS) is 12.0. The molecule has 0 saturated carbocycles. The summed E-state index contributed by atoms with van der Waals surface area (Å²) in [6.45, 7) is 3.93. The SMILES string of the molecule is CCOc1ccc(S(=O)(=O)N/N=C(/C)c2ccc(C(=O)O)s2)cc1. The second-order valence-electron chi connectivity index (χ2n) is 4.67. The first-order chi connectivity index (χ1) is 11.3. The van der Waals surface area contributed by atoms with Crippen molar-refractivity contribution in [2.45, 2.75) is 18.7 Å². The van der Waals surface area contributed by atoms with Gasteiger partial charge in [0, 0.05) is 0 Å². The number of hydrogen-bond donors (Lipinski definition) is 2. The van der Waals surface area contributed by atoms with Gasteiger partial charge in [-0.2, -0.15) is 18.4 Å². The van der Waals surface area contributed by atoms with E-state index in [-0.39, 0.29) is 9.77 Å². The van der Waals surface area contributed by atoms with Gasteiger partial charge >= 0.3 is 5.97 Å². The van der Waals surface area contributed by atoms with Gasteiger partial charge in [-0.1, -0.05) is 0 Å². The fourth-order valence-electron chi connectivity index (χ4n) is 1.77. The molecule has 0 unspecified atom stereocenters. The van der Waals surface area contributed by atoms with Crippen LogP contribution in [0, 0.1) is 0 Å². The first-order valence-corrected chi connectivity index (χ1v) is 9.26. The third-order valence-electron chi connectivity index (χ3n) is 2.95. The number of thiophene rings is 1. The molecule has 2 N–H and O–H groups in total. The third kappa shape index (κ3) is 4.33. The number of carbonyl (C=O) groups is 1. The van der Waals surface area contributed by atoms with E-state index in [9.17, 15) is 13.2 Å². The molecule has 0 bridgehead atoms. The van der Waals surface area contributed by atoms with Crippen LogP contribution >= 0.6 is 11.3 Å². The van der Waals surface area contributed by atoms with Crippen LogP contribution in [0.4, 0.5) is 0 Å². The summed E-state index contributed by atoms with van der Waals surface area (Å²) in [7, 11) is -3.81. The molecule has 0 atom stereocenters. The molecule has 2 aromatic rings. The van der Waals surface area contributed by atoms with E-state index < -0.39 is 16.0 Å². The van der Waals surface area contributed by atoms with Crippen molar-refractivity contribution < 1.29 is 23.1 Å². The highest BCUT2D eigenvalue weighted by atomic mass is 32.2. The molecule has 0 spiro atoms. The molecule has 1 aromatic carbocycles. The van der Waals surface area contributed by atoms with Crippen LogP contribution in [0.3, 0.4) is 0 Å². The van der Waals surface area contributed by atoms with Gasteiger partial charge < -0.3 is 9.84 Å². The minimum Gasteiger partial charge on any atom is -0.494 e. The number of carboxylic acid groups (broad SMARTS) is 1. The van der Waals surface area contributed by atoms with Crippen LogP contribution in [-0.2, 0) is 10.0 Å². The number of ether oxygens (including phenoxy) is 1. The Morgan fingerprint density at radius 2 is 1.83 bits per heavy atom. The Labute approximate surface area is 143 Å². The lowest BCUT2D eigenvalue weighted by molar-refractivity contribution is 0.0702. The molecule has 0 fully saturated rings. The van der Waals surface area contributed by atoms with Crippen molar-refractivity contribution in [3.8, 4) is 5.75 Å². The van der Waals surface area contributed by atoms with Crippen LogP contribution in [-0.4, -0.2) is 31.8 Å². The standard InChI is InChI=1S/C15H16N2O5S2/c1-3-22-11-4-6-12(7-5-11)24(20,21)17-16-10(2)13-8-9-14(23-13)15(18)19/h4-9,17H,3H2,1-2H3,(H,18,19)/b16-10-. The molecule has 9 heteroatoms. The Hall–Kier alpha value is -2.39. The predicted molar refractivity (Wildman–Crippen MR) is 91.4 cm³/mol. The molecule has 7 nitrogen and oxygen atoms in total. The smallest absolute Gasteiger partial charge is 0.345 e. The van der Waals surface area contributed by atoms with Gasteiger partial charge in [-0.3, -0.25) is 0 Å². The average Bonchev–Trinajstić information content (AvgIpc) is 3.04. The van der Waals surface area contributed by atoms with Crippen LogP contribution in [0.1, 0.15) is 28.4 Å². The summed E-state index contributed by atoms with van der Waals surface area (Å²) < 4.78 is 29.7. The lowest BCUT2D eigenvalue weighted by atomic mass is 10.3. The van der Waals surface area contributed by atoms with E-state index in [2.05, 4.69) is 9.93 Å². The minimum absolute atomic E-state index is 0.0555. The molecule has 0 aliphatic heterocycles. The minimum atomic E-state index is -3.81. The zero-order chi connectivity index (χ0) is 17.7. The summed E-state index contributed by atoms with van der Waals surface area (Å²) in [6.07, 6.45) is 0. The van der Waals surface area contributed by atoms with Gasteiger partial charge in [-0.25, -0.2) is 4.79 Å². The van der Waals surface area contributed by atoms with E-state index >= 15 is 0 Å². The molecule has 0 aliphatic rings. The molecule has 0 radical (unpaired) electrons. The largest absolute Gasteiger partial charge is 0.494 e. The monoisotopic (exact) mass is 368 g/mol. The number of carboxylic acids is 1. The van der Waals surface area contributed by atoms with Crippen LogP contribution in [0.25, 0.3) is 0 Å². The fraction of sp³-hybridized carbons (Fsp3) is 0.200. The summed E-state index contributed by atoms with van der Waals surface area (Å²) in [5.41, 5.74) is 0.377. The molecular formula is C15H16N2O5S2. The third-order valence-corrected chi connectivity index (χ3v) is 5.36. The number of hydrazone groups is 1. The number of hydrogen-bond acceptors (Lipinski definition) is 6. The molecule has 128 valence electrons. The maximum atomic E-state index is 12.2. The van der Waals surface area contributed by atoms with E-state index in [1.165, 1.54) is 18.2 Å². The fourth-order valence-corrected chi connectivity index (χ4v) is 3.41. The quantitative estimate of drug-likeness (QED) is 0.577. The van der Waals surface area contributed by atoms with Crippen molar-refractivity contribution in [3.63, 3.8) is 0 Å². The van der Waals surface area contributed by atoms with E-state index in [1.807, 2.05) is 6.92 Å². The second-order valence-corrected chi connectivity index (χ2v) is 7.41. The Balaban J connectivity index is 2.14. The van der Waals surface area contributed by atoms with E-state index in [4.69, 9.17) is 9.84 Å². The first kappa shape index (κ1) is 18.0. The van der Waals surface area contributed by atoms with Gasteiger partial charge in [-0.15, -0.1) is 11.3 Å². The van der Waals surface area contributed by atoms with Gasteiger partial charge in [0.25, 0.3) is 10.0 Å². The number of sulfonamides is 1. The van der Waals surface area contributed by atoms with Gasteiger partial charge in [0.1, 0.15) is 10.6 Å². The average molecular weight is 368 g/mol. The molecule has 0 amide bonds. The van der Waals surface area contributed by atoms with Gasteiger partial charge in [-0.05, 0) is 50.2 Å². The highest BCUT2D eigenvalue weighted by Gasteiger charge is 2.14. The van der Waals surface area contributed by atoms with Gasteiger partial charge in [0.15, 0.2) is 0 Å². The Kier molecular flexibility index (Phi) is 5.58. The van der Waals surface area contributed by atoms with Gasteiger partial charge in [0.05, 0.1) is 22.1 Å². The Bertz CT molecular complexity index is 854. The summed E-state index contributed by atoms with van der Waals surface area (Å²) >= 11 is 1.02. The molecule has 0 aliphatic carbocycles. The van der Waals surface area contributed by atoms with E-state index in [0.717, 1.165) is 11.3 Å². The van der Waals surface area contributed by atoms with Crippen molar-refractivity contribution >= 4 is 33.0 Å². The predicted octanol–water partition coefficient (Wildman–Crippen LogP) is 2.55.